The number of quaternary nitrogens is 2. The molecule has 2 N–H and O–H groups in total. The zero-order chi connectivity index (χ0) is 14.2. The second-order valence-corrected chi connectivity index (χ2v) is 6.49. The number of rotatable bonds is 2. The predicted octanol–water partition coefficient (Wildman–Crippen LogP) is -2.85. The van der Waals surface area contributed by atoms with Gasteiger partial charge in [-0.1, -0.05) is 0 Å². The molecule has 2 rings (SSSR count). The summed E-state index contributed by atoms with van der Waals surface area (Å²) in [4.78, 5) is 3.45. The largest absolute Gasteiger partial charge is 1.00 e. The van der Waals surface area contributed by atoms with E-state index in [0.717, 1.165) is 0 Å². The van der Waals surface area contributed by atoms with E-state index in [1.54, 1.807) is 15.4 Å². The van der Waals surface area contributed by atoms with Crippen LogP contribution in [0.5, 0.6) is 0 Å². The molecule has 1 aromatic carbocycles. The second kappa shape index (κ2) is 7.06. The Morgan fingerprint density at radius 2 is 1.10 bits per heavy atom. The molecule has 0 saturated carbocycles. The minimum atomic E-state index is 0. The second-order valence-electron chi connectivity index (χ2n) is 6.49. The first-order valence-electron chi connectivity index (χ1n) is 7.62. The van der Waals surface area contributed by atoms with Crippen LogP contribution >= 0.6 is 0 Å². The molecule has 0 bridgehead atoms. The van der Waals surface area contributed by atoms with Crippen molar-refractivity contribution < 1.29 is 26.8 Å². The minimum absolute atomic E-state index is 0. The Morgan fingerprint density at radius 3 is 1.55 bits per heavy atom. The van der Waals surface area contributed by atoms with Gasteiger partial charge in [-0.2, -0.15) is 0 Å². The Balaban J connectivity index is 0.00000200. The lowest BCUT2D eigenvalue weighted by molar-refractivity contribution is -1.01. The van der Waals surface area contributed by atoms with Gasteiger partial charge in [0.2, 0.25) is 0 Å². The van der Waals surface area contributed by atoms with Crippen molar-refractivity contribution in [2.45, 2.75) is 41.2 Å². The highest BCUT2D eigenvalue weighted by Gasteiger charge is 2.22. The van der Waals surface area contributed by atoms with Crippen LogP contribution in [0.3, 0.4) is 0 Å². The standard InChI is InChI=1S/C17H28N2.BrH/c1-12-13(2)15(4)17(16(5)14(12)3)11-19-9-7-18(6)8-10-19;/h7-11H2,1-6H3;1H/p+1. The van der Waals surface area contributed by atoms with Crippen LogP contribution in [0.25, 0.3) is 0 Å². The molecular formula is C17H30BrN2+. The van der Waals surface area contributed by atoms with Gasteiger partial charge in [0.15, 0.2) is 0 Å². The number of benzene rings is 1. The van der Waals surface area contributed by atoms with Crippen molar-refractivity contribution >= 4 is 0 Å². The number of hydrogen-bond acceptors (Lipinski definition) is 0. The molecule has 1 saturated heterocycles. The third-order valence-corrected chi connectivity index (χ3v) is 5.39. The molecule has 0 aromatic heterocycles. The predicted molar refractivity (Wildman–Crippen MR) is 81.1 cm³/mol. The highest BCUT2D eigenvalue weighted by Crippen LogP contribution is 2.25. The van der Waals surface area contributed by atoms with Crippen molar-refractivity contribution in [1.29, 1.82) is 0 Å². The van der Waals surface area contributed by atoms with Crippen molar-refractivity contribution in [3.8, 4) is 0 Å². The van der Waals surface area contributed by atoms with Gasteiger partial charge in [-0.25, -0.2) is 0 Å². The van der Waals surface area contributed by atoms with Gasteiger partial charge in [0.25, 0.3) is 0 Å². The maximum Gasteiger partial charge on any atom is 0.127 e. The molecule has 1 fully saturated rings. The number of halogens is 1. The average molecular weight is 342 g/mol. The molecule has 1 aliphatic heterocycles. The first-order valence-corrected chi connectivity index (χ1v) is 7.62. The maximum absolute atomic E-state index is 2.31. The number of hydrogen-bond donors (Lipinski definition) is 2. The van der Waals surface area contributed by atoms with E-state index >= 15 is 0 Å². The average Bonchev–Trinajstić information content (AvgIpc) is 2.41. The fourth-order valence-electron chi connectivity index (χ4n) is 3.30. The summed E-state index contributed by atoms with van der Waals surface area (Å²) in [5.41, 5.74) is 9.14. The number of nitrogens with one attached hydrogen (secondary N) is 2. The van der Waals surface area contributed by atoms with Gasteiger partial charge in [-0.3, -0.25) is 0 Å². The monoisotopic (exact) mass is 341 g/mol. The van der Waals surface area contributed by atoms with E-state index in [-0.39, 0.29) is 17.0 Å². The first kappa shape index (κ1) is 17.7. The summed E-state index contributed by atoms with van der Waals surface area (Å²) in [7, 11) is 2.31. The molecule has 20 heavy (non-hydrogen) atoms. The summed E-state index contributed by atoms with van der Waals surface area (Å²) in [6, 6.07) is 0. The Morgan fingerprint density at radius 1 is 0.700 bits per heavy atom. The molecule has 0 radical (unpaired) electrons. The van der Waals surface area contributed by atoms with Crippen LogP contribution < -0.4 is 26.8 Å². The molecule has 114 valence electrons. The minimum Gasteiger partial charge on any atom is -1.00 e. The van der Waals surface area contributed by atoms with Crippen molar-refractivity contribution in [3.05, 3.63) is 33.4 Å². The van der Waals surface area contributed by atoms with Crippen molar-refractivity contribution in [2.24, 2.45) is 0 Å². The number of likely N-dealkylation sites (N-methyl/N-ethyl adjacent to an activating group) is 1. The van der Waals surface area contributed by atoms with E-state index in [2.05, 4.69) is 41.7 Å². The summed E-state index contributed by atoms with van der Waals surface area (Å²) >= 11 is 0. The van der Waals surface area contributed by atoms with Gasteiger partial charge >= 0.3 is 0 Å². The van der Waals surface area contributed by atoms with E-state index in [4.69, 9.17) is 0 Å². The zero-order valence-electron chi connectivity index (χ0n) is 13.9. The van der Waals surface area contributed by atoms with Crippen molar-refractivity contribution in [3.63, 3.8) is 0 Å². The van der Waals surface area contributed by atoms with E-state index in [0.29, 0.717) is 0 Å². The molecule has 1 aliphatic rings. The molecule has 3 heteroatoms. The molecule has 0 spiro atoms. The highest BCUT2D eigenvalue weighted by atomic mass is 79.9. The lowest BCUT2D eigenvalue weighted by atomic mass is 9.89. The van der Waals surface area contributed by atoms with Crippen LogP contribution in [-0.2, 0) is 6.54 Å². The van der Waals surface area contributed by atoms with Gasteiger partial charge in [0, 0.05) is 5.56 Å². The van der Waals surface area contributed by atoms with Gasteiger partial charge in [-0.15, -0.1) is 0 Å². The fraction of sp³-hybridized carbons (Fsp3) is 0.647. The molecule has 2 nitrogen and oxygen atoms in total. The molecule has 1 heterocycles. The van der Waals surface area contributed by atoms with Crippen LogP contribution in [0.2, 0.25) is 0 Å². The third-order valence-electron chi connectivity index (χ3n) is 5.39. The van der Waals surface area contributed by atoms with Gasteiger partial charge < -0.3 is 26.8 Å². The molecule has 0 aliphatic carbocycles. The van der Waals surface area contributed by atoms with Crippen LogP contribution in [0.15, 0.2) is 0 Å². The molecule has 0 unspecified atom stereocenters. The lowest BCUT2D eigenvalue weighted by Crippen LogP contribution is -3.26. The van der Waals surface area contributed by atoms with E-state index < -0.39 is 0 Å². The van der Waals surface area contributed by atoms with Crippen LogP contribution in [0.1, 0.15) is 33.4 Å². The Labute approximate surface area is 134 Å². The Kier molecular flexibility index (Phi) is 6.24. The Bertz CT molecular complexity index is 445. The molecule has 0 atom stereocenters. The highest BCUT2D eigenvalue weighted by molar-refractivity contribution is 5.49. The first-order chi connectivity index (χ1) is 8.91. The summed E-state index contributed by atoms with van der Waals surface area (Å²) in [5, 5.41) is 0. The van der Waals surface area contributed by atoms with Gasteiger partial charge in [0.1, 0.15) is 32.7 Å². The molecule has 1 aromatic rings. The third kappa shape index (κ3) is 3.44. The SMILES string of the molecule is Cc1c(C)c(C)c(C[NH+]2CC[NH+](C)CC2)c(C)c1C.[Br-]. The lowest BCUT2D eigenvalue weighted by Gasteiger charge is -2.29. The summed E-state index contributed by atoms with van der Waals surface area (Å²) < 4.78 is 0. The van der Waals surface area contributed by atoms with Crippen LogP contribution in [0, 0.1) is 34.6 Å². The van der Waals surface area contributed by atoms with E-state index in [9.17, 15) is 0 Å². The quantitative estimate of drug-likeness (QED) is 0.573. The maximum atomic E-state index is 2.31. The molecule has 0 amide bonds. The normalized spacial score (nSPS) is 22.5. The van der Waals surface area contributed by atoms with Crippen molar-refractivity contribution in [1.82, 2.24) is 0 Å². The van der Waals surface area contributed by atoms with Crippen molar-refractivity contribution in [2.75, 3.05) is 33.2 Å². The fourth-order valence-corrected chi connectivity index (χ4v) is 3.30. The number of piperazine rings is 1. The van der Waals surface area contributed by atoms with Crippen LogP contribution in [0.4, 0.5) is 0 Å². The van der Waals surface area contributed by atoms with E-state index in [1.807, 2.05) is 0 Å². The van der Waals surface area contributed by atoms with Gasteiger partial charge in [-0.05, 0) is 62.4 Å². The summed E-state index contributed by atoms with van der Waals surface area (Å²) in [5.74, 6) is 0. The summed E-state index contributed by atoms with van der Waals surface area (Å²) in [6.07, 6.45) is 0. The van der Waals surface area contributed by atoms with E-state index in [1.165, 1.54) is 60.5 Å². The summed E-state index contributed by atoms with van der Waals surface area (Å²) in [6.45, 7) is 17.9. The van der Waals surface area contributed by atoms with Crippen LogP contribution in [-0.4, -0.2) is 33.2 Å². The van der Waals surface area contributed by atoms with Gasteiger partial charge in [0.05, 0.1) is 7.05 Å². The smallest absolute Gasteiger partial charge is 0.127 e. The topological polar surface area (TPSA) is 8.88 Å². The molecular weight excluding hydrogens is 312 g/mol. The zero-order valence-corrected chi connectivity index (χ0v) is 15.5. The Hall–Kier alpha value is -0.380.